The molecule has 0 amide bonds. The van der Waals surface area contributed by atoms with Crippen LogP contribution in [0.3, 0.4) is 0 Å². The van der Waals surface area contributed by atoms with Gasteiger partial charge in [0.1, 0.15) is 0 Å². The Morgan fingerprint density at radius 1 is 1.28 bits per heavy atom. The quantitative estimate of drug-likeness (QED) is 0.863. The number of rotatable bonds is 4. The number of aryl methyl sites for hydroxylation is 1. The van der Waals surface area contributed by atoms with E-state index in [1.54, 1.807) is 6.92 Å². The molecular formula is C13H18N2O2S. The fourth-order valence-electron chi connectivity index (χ4n) is 2.22. The summed E-state index contributed by atoms with van der Waals surface area (Å²) in [6, 6.07) is 7.60. The van der Waals surface area contributed by atoms with Gasteiger partial charge in [-0.3, -0.25) is 0 Å². The Kier molecular flexibility index (Phi) is 3.34. The lowest BCUT2D eigenvalue weighted by molar-refractivity contribution is 0.594. The van der Waals surface area contributed by atoms with Crippen LogP contribution in [0.15, 0.2) is 24.3 Å². The highest BCUT2D eigenvalue weighted by Crippen LogP contribution is 2.26. The molecular weight excluding hydrogens is 248 g/mol. The van der Waals surface area contributed by atoms with Gasteiger partial charge in [-0.15, -0.1) is 0 Å². The van der Waals surface area contributed by atoms with E-state index in [-0.39, 0.29) is 11.5 Å². The van der Waals surface area contributed by atoms with Crippen LogP contribution < -0.4 is 5.73 Å². The van der Waals surface area contributed by atoms with E-state index in [0.29, 0.717) is 12.2 Å². The fourth-order valence-corrected chi connectivity index (χ4v) is 3.11. The molecule has 18 heavy (non-hydrogen) atoms. The average molecular weight is 266 g/mol. The Bertz CT molecular complexity index is 672. The molecule has 2 N–H and O–H groups in total. The van der Waals surface area contributed by atoms with Crippen LogP contribution in [0.4, 0.5) is 5.69 Å². The molecule has 5 heteroatoms. The van der Waals surface area contributed by atoms with Crippen LogP contribution in [0.1, 0.15) is 19.5 Å². The lowest BCUT2D eigenvalue weighted by Crippen LogP contribution is -2.11. The molecule has 0 bridgehead atoms. The van der Waals surface area contributed by atoms with E-state index in [1.807, 2.05) is 35.8 Å². The molecule has 0 aliphatic rings. The lowest BCUT2D eigenvalue weighted by atomic mass is 10.2. The standard InChI is InChI=1S/C13H18N2O2S/c1-3-15-11(9-18(16,17)4-2)8-10-6-5-7-12(14)13(10)15/h5-8H,3-4,9,14H2,1-2H3. The third-order valence-corrected chi connectivity index (χ3v) is 4.78. The molecule has 0 aliphatic carbocycles. The first-order valence-electron chi connectivity index (χ1n) is 6.05. The van der Waals surface area contributed by atoms with Crippen LogP contribution in [-0.4, -0.2) is 18.7 Å². The lowest BCUT2D eigenvalue weighted by Gasteiger charge is -2.09. The van der Waals surface area contributed by atoms with E-state index in [9.17, 15) is 8.42 Å². The number of benzene rings is 1. The number of sulfone groups is 1. The second kappa shape index (κ2) is 4.65. The first-order chi connectivity index (χ1) is 8.48. The van der Waals surface area contributed by atoms with Crippen molar-refractivity contribution in [3.05, 3.63) is 30.0 Å². The van der Waals surface area contributed by atoms with Gasteiger partial charge in [-0.05, 0) is 19.1 Å². The summed E-state index contributed by atoms with van der Waals surface area (Å²) >= 11 is 0. The highest BCUT2D eigenvalue weighted by Gasteiger charge is 2.15. The molecule has 4 nitrogen and oxygen atoms in total. The zero-order chi connectivity index (χ0) is 13.3. The number of hydrogen-bond donors (Lipinski definition) is 1. The van der Waals surface area contributed by atoms with E-state index >= 15 is 0 Å². The molecule has 98 valence electrons. The smallest absolute Gasteiger partial charge is 0.155 e. The number of nitrogen functional groups attached to an aromatic ring is 1. The third-order valence-electron chi connectivity index (χ3n) is 3.16. The maximum Gasteiger partial charge on any atom is 0.155 e. The summed E-state index contributed by atoms with van der Waals surface area (Å²) in [6.45, 7) is 4.38. The normalized spacial score (nSPS) is 12.1. The Labute approximate surface area is 107 Å². The van der Waals surface area contributed by atoms with Crippen molar-refractivity contribution in [1.29, 1.82) is 0 Å². The van der Waals surface area contributed by atoms with Gasteiger partial charge in [-0.2, -0.15) is 0 Å². The second-order valence-corrected chi connectivity index (χ2v) is 6.69. The zero-order valence-corrected chi connectivity index (χ0v) is 11.5. The number of aromatic nitrogens is 1. The third kappa shape index (κ3) is 2.22. The summed E-state index contributed by atoms with van der Waals surface area (Å²) in [5, 5.41) is 0.998. The Morgan fingerprint density at radius 2 is 2.00 bits per heavy atom. The van der Waals surface area contributed by atoms with Crippen molar-refractivity contribution in [2.45, 2.75) is 26.1 Å². The molecule has 0 atom stereocenters. The molecule has 2 rings (SSSR count). The van der Waals surface area contributed by atoms with Crippen molar-refractivity contribution in [3.63, 3.8) is 0 Å². The van der Waals surface area contributed by atoms with Crippen LogP contribution in [0.5, 0.6) is 0 Å². The zero-order valence-electron chi connectivity index (χ0n) is 10.7. The van der Waals surface area contributed by atoms with Gasteiger partial charge in [0.05, 0.1) is 17.0 Å². The number of nitrogens with two attached hydrogens (primary N) is 1. The number of para-hydroxylation sites is 1. The Morgan fingerprint density at radius 3 is 2.61 bits per heavy atom. The van der Waals surface area contributed by atoms with Crippen LogP contribution in [0.25, 0.3) is 10.9 Å². The molecule has 2 aromatic rings. The summed E-state index contributed by atoms with van der Waals surface area (Å²) < 4.78 is 25.5. The van der Waals surface area contributed by atoms with Crippen LogP contribution in [0.2, 0.25) is 0 Å². The number of anilines is 1. The minimum absolute atomic E-state index is 0.0749. The van der Waals surface area contributed by atoms with Crippen LogP contribution >= 0.6 is 0 Å². The van der Waals surface area contributed by atoms with Crippen molar-refractivity contribution in [2.75, 3.05) is 11.5 Å². The molecule has 0 saturated carbocycles. The first kappa shape index (κ1) is 13.0. The Balaban J connectivity index is 2.62. The largest absolute Gasteiger partial charge is 0.397 e. The van der Waals surface area contributed by atoms with Gasteiger partial charge in [0, 0.05) is 23.4 Å². The summed E-state index contributed by atoms with van der Waals surface area (Å²) in [5.74, 6) is 0.235. The van der Waals surface area contributed by atoms with Crippen LogP contribution in [-0.2, 0) is 22.1 Å². The maximum atomic E-state index is 11.8. The molecule has 0 saturated heterocycles. The average Bonchev–Trinajstić information content (AvgIpc) is 2.67. The van der Waals surface area contributed by atoms with Gasteiger partial charge in [-0.1, -0.05) is 19.1 Å². The van der Waals surface area contributed by atoms with E-state index in [1.165, 1.54) is 0 Å². The van der Waals surface area contributed by atoms with Gasteiger partial charge < -0.3 is 10.3 Å². The predicted octanol–water partition coefficient (Wildman–Crippen LogP) is 2.18. The molecule has 0 spiro atoms. The van der Waals surface area contributed by atoms with E-state index in [4.69, 9.17) is 5.73 Å². The highest BCUT2D eigenvalue weighted by molar-refractivity contribution is 7.90. The summed E-state index contributed by atoms with van der Waals surface area (Å²) in [4.78, 5) is 0. The summed E-state index contributed by atoms with van der Waals surface area (Å²) in [6.07, 6.45) is 0. The predicted molar refractivity (Wildman–Crippen MR) is 75.2 cm³/mol. The van der Waals surface area contributed by atoms with Gasteiger partial charge in [0.2, 0.25) is 0 Å². The highest BCUT2D eigenvalue weighted by atomic mass is 32.2. The van der Waals surface area contributed by atoms with Crippen molar-refractivity contribution < 1.29 is 8.42 Å². The molecule has 1 heterocycles. The topological polar surface area (TPSA) is 65.1 Å². The number of hydrogen-bond acceptors (Lipinski definition) is 3. The van der Waals surface area contributed by atoms with Gasteiger partial charge in [-0.25, -0.2) is 8.42 Å². The SMILES string of the molecule is CCn1c(CS(=O)(=O)CC)cc2cccc(N)c21. The second-order valence-electron chi connectivity index (χ2n) is 4.34. The van der Waals surface area contributed by atoms with Gasteiger partial charge in [0.25, 0.3) is 0 Å². The van der Waals surface area contributed by atoms with E-state index in [0.717, 1.165) is 16.6 Å². The van der Waals surface area contributed by atoms with Gasteiger partial charge >= 0.3 is 0 Å². The summed E-state index contributed by atoms with van der Waals surface area (Å²) in [5.41, 5.74) is 8.41. The van der Waals surface area contributed by atoms with Crippen molar-refractivity contribution in [3.8, 4) is 0 Å². The molecule has 1 aromatic heterocycles. The maximum absolute atomic E-state index is 11.8. The summed E-state index contributed by atoms with van der Waals surface area (Å²) in [7, 11) is -3.03. The van der Waals surface area contributed by atoms with E-state index in [2.05, 4.69) is 0 Å². The minimum Gasteiger partial charge on any atom is -0.397 e. The van der Waals surface area contributed by atoms with Gasteiger partial charge in [0.15, 0.2) is 9.84 Å². The minimum atomic E-state index is -3.03. The monoisotopic (exact) mass is 266 g/mol. The Hall–Kier alpha value is -1.49. The van der Waals surface area contributed by atoms with Crippen molar-refractivity contribution in [1.82, 2.24) is 4.57 Å². The number of fused-ring (bicyclic) bond motifs is 1. The molecule has 0 unspecified atom stereocenters. The first-order valence-corrected chi connectivity index (χ1v) is 7.87. The fraction of sp³-hybridized carbons (Fsp3) is 0.385. The molecule has 0 aliphatic heterocycles. The van der Waals surface area contributed by atoms with Crippen LogP contribution in [0, 0.1) is 0 Å². The number of nitrogens with zero attached hydrogens (tertiary/aromatic N) is 1. The molecule has 0 fully saturated rings. The van der Waals surface area contributed by atoms with E-state index < -0.39 is 9.84 Å². The van der Waals surface area contributed by atoms with Crippen molar-refractivity contribution >= 4 is 26.4 Å². The van der Waals surface area contributed by atoms with Crippen molar-refractivity contribution in [2.24, 2.45) is 0 Å². The molecule has 1 aromatic carbocycles. The molecule has 0 radical (unpaired) electrons.